The Hall–Kier alpha value is -3.25. The Labute approximate surface area is 194 Å². The number of carbonyl (C=O) groups excluding carboxylic acids is 1. The molecule has 0 fully saturated rings. The van der Waals surface area contributed by atoms with E-state index in [-0.39, 0.29) is 11.7 Å². The highest BCUT2D eigenvalue weighted by atomic mass is 35.5. The second-order valence-corrected chi connectivity index (χ2v) is 8.78. The number of benzene rings is 3. The summed E-state index contributed by atoms with van der Waals surface area (Å²) >= 11 is 6.03. The molecular formula is C26H20ClF3N2O. The average Bonchev–Trinajstić information content (AvgIpc) is 2.96. The minimum atomic E-state index is -4.42. The summed E-state index contributed by atoms with van der Waals surface area (Å²) in [6, 6.07) is 19.5. The Morgan fingerprint density at radius 1 is 0.818 bits per heavy atom. The van der Waals surface area contributed by atoms with E-state index in [0.29, 0.717) is 29.0 Å². The maximum absolute atomic E-state index is 13.4. The number of hydrogen-bond acceptors (Lipinski definition) is 3. The number of hydrogen-bond donors (Lipinski definition) is 2. The molecule has 3 aromatic rings. The van der Waals surface area contributed by atoms with E-state index in [1.54, 1.807) is 0 Å². The largest absolute Gasteiger partial charge is 0.416 e. The Balaban J connectivity index is 1.57. The third-order valence-corrected chi connectivity index (χ3v) is 6.47. The van der Waals surface area contributed by atoms with Gasteiger partial charge in [0.15, 0.2) is 5.78 Å². The van der Waals surface area contributed by atoms with Crippen molar-refractivity contribution in [3.8, 4) is 0 Å². The number of para-hydroxylation sites is 2. The molecule has 168 valence electrons. The molecule has 2 N–H and O–H groups in total. The Bertz CT molecular complexity index is 1230. The van der Waals surface area contributed by atoms with Gasteiger partial charge in [-0.3, -0.25) is 4.79 Å². The standard InChI is InChI=1S/C26H20ClF3N2O/c27-19-11-7-15(8-12-19)17-13-22-24(23(33)14-17)25(32-21-4-2-1-3-20(21)31-22)16-5-9-18(10-6-16)26(28,29)30/h1-12,17,25,31-32H,13-14H2/t17-,25-/m1/s1. The zero-order valence-corrected chi connectivity index (χ0v) is 18.2. The van der Waals surface area contributed by atoms with Crippen molar-refractivity contribution in [1.29, 1.82) is 0 Å². The minimum Gasteiger partial charge on any atom is -0.372 e. The van der Waals surface area contributed by atoms with E-state index in [1.165, 1.54) is 12.1 Å². The smallest absolute Gasteiger partial charge is 0.372 e. The highest BCUT2D eigenvalue weighted by molar-refractivity contribution is 6.30. The van der Waals surface area contributed by atoms with Gasteiger partial charge in [-0.25, -0.2) is 0 Å². The maximum Gasteiger partial charge on any atom is 0.416 e. The normalized spacial score (nSPS) is 20.3. The lowest BCUT2D eigenvalue weighted by atomic mass is 9.78. The number of ketones is 1. The molecule has 2 aliphatic rings. The number of Topliss-reactive ketones (excluding diaryl/α,β-unsaturated/α-hetero) is 1. The molecule has 0 saturated heterocycles. The Kier molecular flexibility index (Phi) is 5.41. The van der Waals surface area contributed by atoms with Crippen molar-refractivity contribution in [3.05, 3.63) is 106 Å². The van der Waals surface area contributed by atoms with Gasteiger partial charge in [0.1, 0.15) is 0 Å². The molecule has 33 heavy (non-hydrogen) atoms. The van der Waals surface area contributed by atoms with Gasteiger partial charge in [0.05, 0.1) is 23.0 Å². The van der Waals surface area contributed by atoms with Gasteiger partial charge in [0, 0.05) is 22.7 Å². The molecule has 1 aliphatic carbocycles. The summed E-state index contributed by atoms with van der Waals surface area (Å²) in [5, 5.41) is 7.45. The van der Waals surface area contributed by atoms with Crippen LogP contribution in [0.4, 0.5) is 24.5 Å². The van der Waals surface area contributed by atoms with E-state index in [4.69, 9.17) is 11.6 Å². The number of halogens is 4. The summed E-state index contributed by atoms with van der Waals surface area (Å²) in [4.78, 5) is 13.4. The quantitative estimate of drug-likeness (QED) is 0.413. The highest BCUT2D eigenvalue weighted by Gasteiger charge is 2.36. The van der Waals surface area contributed by atoms with Crippen molar-refractivity contribution in [2.24, 2.45) is 0 Å². The first-order chi connectivity index (χ1) is 15.8. The van der Waals surface area contributed by atoms with E-state index in [9.17, 15) is 18.0 Å². The maximum atomic E-state index is 13.4. The number of rotatable bonds is 2. The first-order valence-electron chi connectivity index (χ1n) is 10.6. The molecule has 0 radical (unpaired) electrons. The fourth-order valence-electron chi connectivity index (χ4n) is 4.58. The molecule has 0 aromatic heterocycles. The third kappa shape index (κ3) is 4.23. The van der Waals surface area contributed by atoms with Gasteiger partial charge in [-0.2, -0.15) is 13.2 Å². The van der Waals surface area contributed by atoms with E-state index in [1.807, 2.05) is 48.5 Å². The molecule has 3 aromatic carbocycles. The fourth-order valence-corrected chi connectivity index (χ4v) is 4.70. The third-order valence-electron chi connectivity index (χ3n) is 6.22. The van der Waals surface area contributed by atoms with Crippen molar-refractivity contribution < 1.29 is 18.0 Å². The first-order valence-corrected chi connectivity index (χ1v) is 11.0. The SMILES string of the molecule is O=C1C[C@H](c2ccc(Cl)cc2)CC2=C1[C@@H](c1ccc(C(F)(F)F)cc1)Nc1ccccc1N2. The van der Waals surface area contributed by atoms with Crippen LogP contribution in [0.15, 0.2) is 84.1 Å². The first kappa shape index (κ1) is 21.6. The lowest BCUT2D eigenvalue weighted by Crippen LogP contribution is -2.27. The lowest BCUT2D eigenvalue weighted by Gasteiger charge is -2.30. The summed E-state index contributed by atoms with van der Waals surface area (Å²) < 4.78 is 39.3. The average molecular weight is 469 g/mol. The molecule has 1 aliphatic heterocycles. The summed E-state index contributed by atoms with van der Waals surface area (Å²) in [7, 11) is 0. The van der Waals surface area contributed by atoms with Crippen LogP contribution in [0, 0.1) is 0 Å². The van der Waals surface area contributed by atoms with Crippen LogP contribution < -0.4 is 10.6 Å². The van der Waals surface area contributed by atoms with Crippen LogP contribution in [-0.4, -0.2) is 5.78 Å². The van der Waals surface area contributed by atoms with Crippen LogP contribution in [0.2, 0.25) is 5.02 Å². The van der Waals surface area contributed by atoms with E-state index < -0.39 is 17.8 Å². The minimum absolute atomic E-state index is 0.0143. The van der Waals surface area contributed by atoms with Crippen LogP contribution in [0.25, 0.3) is 0 Å². The molecule has 0 unspecified atom stereocenters. The van der Waals surface area contributed by atoms with Crippen LogP contribution in [0.1, 0.15) is 41.5 Å². The second kappa shape index (κ2) is 8.27. The number of fused-ring (bicyclic) bond motifs is 1. The zero-order valence-electron chi connectivity index (χ0n) is 17.4. The zero-order chi connectivity index (χ0) is 23.2. The van der Waals surface area contributed by atoms with Crippen LogP contribution in [0.5, 0.6) is 0 Å². The summed E-state index contributed by atoms with van der Waals surface area (Å²) in [6.07, 6.45) is -3.49. The highest BCUT2D eigenvalue weighted by Crippen LogP contribution is 2.44. The van der Waals surface area contributed by atoms with Crippen molar-refractivity contribution in [3.63, 3.8) is 0 Å². The summed E-state index contributed by atoms with van der Waals surface area (Å²) in [6.45, 7) is 0. The van der Waals surface area contributed by atoms with E-state index in [2.05, 4.69) is 10.6 Å². The predicted molar refractivity (Wildman–Crippen MR) is 123 cm³/mol. The van der Waals surface area contributed by atoms with Crippen molar-refractivity contribution in [2.75, 3.05) is 10.6 Å². The van der Waals surface area contributed by atoms with Gasteiger partial charge in [-0.05, 0) is 59.9 Å². The van der Waals surface area contributed by atoms with Gasteiger partial charge >= 0.3 is 6.18 Å². The summed E-state index contributed by atoms with van der Waals surface area (Å²) in [5.41, 5.74) is 3.87. The molecule has 1 heterocycles. The summed E-state index contributed by atoms with van der Waals surface area (Å²) in [5.74, 6) is -0.0477. The molecule has 0 bridgehead atoms. The van der Waals surface area contributed by atoms with Crippen molar-refractivity contribution >= 4 is 28.8 Å². The molecule has 7 heteroatoms. The van der Waals surface area contributed by atoms with Gasteiger partial charge < -0.3 is 10.6 Å². The molecule has 3 nitrogen and oxygen atoms in total. The van der Waals surface area contributed by atoms with Gasteiger partial charge in [-0.1, -0.05) is 48.0 Å². The molecule has 0 amide bonds. The molecule has 2 atom stereocenters. The molecule has 5 rings (SSSR count). The molecule has 0 spiro atoms. The Morgan fingerprint density at radius 3 is 2.12 bits per heavy atom. The van der Waals surface area contributed by atoms with Crippen LogP contribution >= 0.6 is 11.6 Å². The van der Waals surface area contributed by atoms with Gasteiger partial charge in [-0.15, -0.1) is 0 Å². The molecular weight excluding hydrogens is 449 g/mol. The topological polar surface area (TPSA) is 41.1 Å². The predicted octanol–water partition coefficient (Wildman–Crippen LogP) is 7.34. The number of carbonyl (C=O) groups is 1. The fraction of sp³-hybridized carbons (Fsp3) is 0.192. The lowest BCUT2D eigenvalue weighted by molar-refractivity contribution is -0.137. The monoisotopic (exact) mass is 468 g/mol. The van der Waals surface area contributed by atoms with E-state index in [0.717, 1.165) is 34.8 Å². The number of allylic oxidation sites excluding steroid dienone is 1. The van der Waals surface area contributed by atoms with E-state index >= 15 is 0 Å². The Morgan fingerprint density at radius 2 is 1.45 bits per heavy atom. The van der Waals surface area contributed by atoms with Crippen molar-refractivity contribution in [1.82, 2.24) is 0 Å². The second-order valence-electron chi connectivity index (χ2n) is 8.34. The number of alkyl halides is 3. The van der Waals surface area contributed by atoms with Crippen LogP contribution in [-0.2, 0) is 11.0 Å². The van der Waals surface area contributed by atoms with Crippen molar-refractivity contribution in [2.45, 2.75) is 31.0 Å². The van der Waals surface area contributed by atoms with Gasteiger partial charge in [0.2, 0.25) is 0 Å². The van der Waals surface area contributed by atoms with Crippen LogP contribution in [0.3, 0.4) is 0 Å². The molecule has 0 saturated carbocycles. The van der Waals surface area contributed by atoms with Gasteiger partial charge in [0.25, 0.3) is 0 Å². The number of anilines is 2. The number of nitrogens with one attached hydrogen (secondary N) is 2.